The van der Waals surface area contributed by atoms with Crippen molar-refractivity contribution >= 4 is 65.8 Å². The molecule has 0 bridgehead atoms. The van der Waals surface area contributed by atoms with E-state index in [1.165, 1.54) is 224 Å². The average molecular weight is 1030 g/mol. The van der Waals surface area contributed by atoms with Gasteiger partial charge in [-0.3, -0.25) is 0 Å². The van der Waals surface area contributed by atoms with E-state index in [-0.39, 0.29) is 0 Å². The maximum atomic E-state index is 2.50. The minimum Gasteiger partial charge on any atom is -0.0761 e. The minimum atomic E-state index is 1.18. The van der Waals surface area contributed by atoms with E-state index in [1.807, 2.05) is 0 Å². The Hall–Kier alpha value is -6.24. The molecule has 9 aliphatic carbocycles. The van der Waals surface area contributed by atoms with Crippen molar-refractivity contribution in [2.24, 2.45) is 0 Å². The molecule has 15 rings (SSSR count). The molecule has 0 saturated heterocycles. The van der Waals surface area contributed by atoms with Gasteiger partial charge >= 0.3 is 0 Å². The Morgan fingerprint density at radius 2 is 0.423 bits per heavy atom. The van der Waals surface area contributed by atoms with Crippen LogP contribution in [0.4, 0.5) is 0 Å². The Labute approximate surface area is 472 Å². The standard InChI is InChI=1S/3C22H20.4C3H8/c3*1-3-11-18-16(9-1)17-10-2-4-12-19(17)21-14-6-8-15-7-5-13-20(18)22(15)21;4*1-3-2/h3*5-9,11,13-14H,1-4,10,12H2;4*3H2,1-2H3. The molecular weight excluding hydrogens is 937 g/mol. The van der Waals surface area contributed by atoms with Crippen LogP contribution in [0.1, 0.15) is 230 Å². The summed E-state index contributed by atoms with van der Waals surface area (Å²) in [5, 5.41) is 8.61. The lowest BCUT2D eigenvalue weighted by Gasteiger charge is -2.23. The van der Waals surface area contributed by atoms with E-state index in [1.54, 1.807) is 50.2 Å². The molecule has 0 saturated carbocycles. The van der Waals surface area contributed by atoms with Crippen LogP contribution >= 0.6 is 0 Å². The molecule has 0 radical (unpaired) electrons. The number of hydrogen-bond donors (Lipinski definition) is 0. The SMILES string of the molecule is C1=C2C(=CCC1)c1cccc3cccc(c13)C1=C2CCCC1.C1=C2C(=CCC1)c1cccc3cccc(c13)C1=C2CCCC1.C1=C2C(=CCC1)c1cccc3cccc(c13)C1=C2CCCC1.CCC.CCC.CCC.CCC. The second-order valence-corrected chi connectivity index (χ2v) is 22.9. The quantitative estimate of drug-likeness (QED) is 0.142. The van der Waals surface area contributed by atoms with Crippen molar-refractivity contribution in [2.75, 3.05) is 0 Å². The fourth-order valence-electron chi connectivity index (χ4n) is 13.6. The lowest BCUT2D eigenvalue weighted by molar-refractivity contribution is 0.721. The van der Waals surface area contributed by atoms with Gasteiger partial charge < -0.3 is 0 Å². The van der Waals surface area contributed by atoms with Crippen LogP contribution in [0.2, 0.25) is 0 Å². The van der Waals surface area contributed by atoms with Gasteiger partial charge in [-0.25, -0.2) is 0 Å². The Morgan fingerprint density at radius 3 is 0.654 bits per heavy atom. The normalized spacial score (nSPS) is 17.8. The van der Waals surface area contributed by atoms with Gasteiger partial charge in [-0.15, -0.1) is 0 Å². The zero-order valence-electron chi connectivity index (χ0n) is 49.4. The monoisotopic (exact) mass is 1030 g/mol. The van der Waals surface area contributed by atoms with Crippen LogP contribution in [-0.2, 0) is 0 Å². The predicted molar refractivity (Wildman–Crippen MR) is 348 cm³/mol. The van der Waals surface area contributed by atoms with Crippen LogP contribution in [-0.4, -0.2) is 0 Å². The molecule has 0 unspecified atom stereocenters. The van der Waals surface area contributed by atoms with Gasteiger partial charge in [0.15, 0.2) is 0 Å². The Kier molecular flexibility index (Phi) is 20.0. The molecule has 0 spiro atoms. The maximum absolute atomic E-state index is 2.50. The summed E-state index contributed by atoms with van der Waals surface area (Å²) >= 11 is 0. The number of hydrogen-bond acceptors (Lipinski definition) is 0. The molecule has 0 aromatic heterocycles. The summed E-state index contributed by atoms with van der Waals surface area (Å²) in [5.41, 5.74) is 27.8. The molecule has 0 heterocycles. The minimum absolute atomic E-state index is 1.18. The van der Waals surface area contributed by atoms with E-state index < -0.39 is 0 Å². The Balaban J connectivity index is 0.000000129. The van der Waals surface area contributed by atoms with E-state index in [2.05, 4.69) is 201 Å². The fraction of sp³-hybridized carbons (Fsp3) is 0.385. The highest BCUT2D eigenvalue weighted by atomic mass is 14.3. The first-order valence-corrected chi connectivity index (χ1v) is 31.4. The first kappa shape index (κ1) is 56.5. The summed E-state index contributed by atoms with van der Waals surface area (Å²) < 4.78 is 0. The summed E-state index contributed by atoms with van der Waals surface area (Å²) in [4.78, 5) is 0. The van der Waals surface area contributed by atoms with Crippen molar-refractivity contribution in [2.45, 2.75) is 197 Å². The van der Waals surface area contributed by atoms with Gasteiger partial charge in [-0.1, -0.05) is 227 Å². The summed E-state index contributed by atoms with van der Waals surface area (Å²) in [6.45, 7) is 17.0. The maximum Gasteiger partial charge on any atom is -0.00299 e. The van der Waals surface area contributed by atoms with Gasteiger partial charge in [0.05, 0.1) is 0 Å². The van der Waals surface area contributed by atoms with Gasteiger partial charge in [-0.05, 0) is 248 Å². The van der Waals surface area contributed by atoms with Crippen molar-refractivity contribution in [3.05, 3.63) is 212 Å². The van der Waals surface area contributed by atoms with Crippen molar-refractivity contribution < 1.29 is 0 Å². The van der Waals surface area contributed by atoms with Gasteiger partial charge in [0.1, 0.15) is 0 Å². The van der Waals surface area contributed by atoms with E-state index in [0.717, 1.165) is 0 Å². The molecule has 0 aliphatic heterocycles. The van der Waals surface area contributed by atoms with Crippen molar-refractivity contribution in [3.8, 4) is 0 Å². The Bertz CT molecular complexity index is 3030. The second kappa shape index (κ2) is 27.6. The summed E-state index contributed by atoms with van der Waals surface area (Å²) in [6, 6.07) is 41.0. The molecule has 0 nitrogen and oxygen atoms in total. The van der Waals surface area contributed by atoms with Gasteiger partial charge in [0.2, 0.25) is 0 Å². The molecule has 0 N–H and O–H groups in total. The highest BCUT2D eigenvalue weighted by Gasteiger charge is 2.31. The summed E-state index contributed by atoms with van der Waals surface area (Å²) in [6.07, 6.45) is 42.6. The van der Waals surface area contributed by atoms with Crippen LogP contribution < -0.4 is 0 Å². The lowest BCUT2D eigenvalue weighted by atomic mass is 9.81. The van der Waals surface area contributed by atoms with E-state index >= 15 is 0 Å². The summed E-state index contributed by atoms with van der Waals surface area (Å²) in [5.74, 6) is 0. The average Bonchev–Trinajstić information content (AvgIpc) is 3.90. The lowest BCUT2D eigenvalue weighted by Crippen LogP contribution is -2.03. The van der Waals surface area contributed by atoms with Crippen LogP contribution in [0.15, 0.2) is 179 Å². The van der Waals surface area contributed by atoms with Crippen LogP contribution in [0.3, 0.4) is 0 Å². The number of allylic oxidation sites excluding steroid dienone is 18. The van der Waals surface area contributed by atoms with E-state index in [0.29, 0.717) is 0 Å². The first-order chi connectivity index (χ1) is 38.5. The second-order valence-electron chi connectivity index (χ2n) is 22.9. The van der Waals surface area contributed by atoms with Gasteiger partial charge in [-0.2, -0.15) is 0 Å². The van der Waals surface area contributed by atoms with Crippen molar-refractivity contribution in [1.29, 1.82) is 0 Å². The Morgan fingerprint density at radius 1 is 0.231 bits per heavy atom. The van der Waals surface area contributed by atoms with E-state index in [4.69, 9.17) is 0 Å². The third-order valence-corrected chi connectivity index (χ3v) is 16.4. The third-order valence-electron chi connectivity index (χ3n) is 16.4. The molecule has 0 heteroatoms. The molecule has 6 aromatic carbocycles. The number of fused-ring (bicyclic) bond motifs is 12. The fourth-order valence-corrected chi connectivity index (χ4v) is 13.6. The van der Waals surface area contributed by atoms with Crippen LogP contribution in [0, 0.1) is 0 Å². The first-order valence-electron chi connectivity index (χ1n) is 31.4. The summed E-state index contributed by atoms with van der Waals surface area (Å²) in [7, 11) is 0. The molecule has 6 aromatic rings. The molecule has 9 aliphatic rings. The van der Waals surface area contributed by atoms with Crippen molar-refractivity contribution in [1.82, 2.24) is 0 Å². The molecular formula is C78H92. The number of rotatable bonds is 0. The molecule has 0 amide bonds. The number of benzene rings is 6. The predicted octanol–water partition coefficient (Wildman–Crippen LogP) is 24.5. The zero-order chi connectivity index (χ0) is 54.4. The van der Waals surface area contributed by atoms with Crippen molar-refractivity contribution in [3.63, 3.8) is 0 Å². The molecule has 0 atom stereocenters. The highest BCUT2D eigenvalue weighted by molar-refractivity contribution is 6.11. The molecule has 404 valence electrons. The topological polar surface area (TPSA) is 0 Å². The van der Waals surface area contributed by atoms with Crippen LogP contribution in [0.5, 0.6) is 0 Å². The smallest absolute Gasteiger partial charge is 0.00299 e. The molecule has 0 fully saturated rings. The highest BCUT2D eigenvalue weighted by Crippen LogP contribution is 2.52. The zero-order valence-corrected chi connectivity index (χ0v) is 49.4. The van der Waals surface area contributed by atoms with Gasteiger partial charge in [0.25, 0.3) is 0 Å². The van der Waals surface area contributed by atoms with E-state index in [9.17, 15) is 0 Å². The van der Waals surface area contributed by atoms with Gasteiger partial charge in [0, 0.05) is 0 Å². The molecule has 78 heavy (non-hydrogen) atoms. The van der Waals surface area contributed by atoms with Crippen LogP contribution in [0.25, 0.3) is 65.8 Å². The largest absolute Gasteiger partial charge is 0.0761 e. The third kappa shape index (κ3) is 11.7.